The van der Waals surface area contributed by atoms with E-state index in [0.717, 1.165) is 10.0 Å². The normalized spacial score (nSPS) is 10.7. The molecule has 0 unspecified atom stereocenters. The number of thioether (sulfide) groups is 1. The highest BCUT2D eigenvalue weighted by Crippen LogP contribution is 2.18. The first-order chi connectivity index (χ1) is 13.4. The van der Waals surface area contributed by atoms with Crippen LogP contribution < -0.4 is 5.32 Å². The standard InChI is InChI=1S/C20H19BrN4O2S/c1-13-4-3-5-15(10-13)19(27)22-11-18-23-24-20(25(18)2)28-12-17(26)14-6-8-16(21)9-7-14/h3-10H,11-12H2,1-2H3,(H,22,27). The molecule has 0 aliphatic rings. The average molecular weight is 459 g/mol. The number of benzene rings is 2. The maximum Gasteiger partial charge on any atom is 0.251 e. The summed E-state index contributed by atoms with van der Waals surface area (Å²) in [6, 6.07) is 14.7. The van der Waals surface area contributed by atoms with E-state index in [1.807, 2.05) is 44.3 Å². The highest BCUT2D eigenvalue weighted by molar-refractivity contribution is 9.10. The van der Waals surface area contributed by atoms with Crippen molar-refractivity contribution in [3.05, 3.63) is 75.5 Å². The molecule has 144 valence electrons. The van der Waals surface area contributed by atoms with E-state index in [9.17, 15) is 9.59 Å². The van der Waals surface area contributed by atoms with Gasteiger partial charge in [-0.25, -0.2) is 0 Å². The molecular formula is C20H19BrN4O2S. The molecule has 0 fully saturated rings. The van der Waals surface area contributed by atoms with E-state index in [-0.39, 0.29) is 24.0 Å². The molecule has 3 rings (SSSR count). The summed E-state index contributed by atoms with van der Waals surface area (Å²) >= 11 is 4.68. The number of carbonyl (C=O) groups is 2. The lowest BCUT2D eigenvalue weighted by atomic mass is 10.1. The summed E-state index contributed by atoms with van der Waals surface area (Å²) in [6.07, 6.45) is 0. The molecule has 6 nitrogen and oxygen atoms in total. The molecule has 1 heterocycles. The van der Waals surface area contributed by atoms with Gasteiger partial charge in [0.25, 0.3) is 5.91 Å². The second-order valence-electron chi connectivity index (χ2n) is 6.23. The number of Topliss-reactive ketones (excluding diaryl/α,β-unsaturated/α-hetero) is 1. The van der Waals surface area contributed by atoms with Gasteiger partial charge in [-0.15, -0.1) is 10.2 Å². The fourth-order valence-electron chi connectivity index (χ4n) is 2.52. The molecule has 0 saturated heterocycles. The number of hydrogen-bond acceptors (Lipinski definition) is 5. The predicted molar refractivity (Wildman–Crippen MR) is 113 cm³/mol. The number of aromatic nitrogens is 3. The van der Waals surface area contributed by atoms with Crippen LogP contribution in [-0.4, -0.2) is 32.2 Å². The van der Waals surface area contributed by atoms with E-state index < -0.39 is 0 Å². The first-order valence-corrected chi connectivity index (χ1v) is 10.4. The van der Waals surface area contributed by atoms with Crippen LogP contribution in [0.5, 0.6) is 0 Å². The average Bonchev–Trinajstić information content (AvgIpc) is 3.04. The van der Waals surface area contributed by atoms with Gasteiger partial charge in [-0.05, 0) is 31.2 Å². The topological polar surface area (TPSA) is 76.9 Å². The Hall–Kier alpha value is -2.45. The predicted octanol–water partition coefficient (Wildman–Crippen LogP) is 3.79. The van der Waals surface area contributed by atoms with Gasteiger partial charge < -0.3 is 9.88 Å². The van der Waals surface area contributed by atoms with Crippen molar-refractivity contribution in [3.63, 3.8) is 0 Å². The summed E-state index contributed by atoms with van der Waals surface area (Å²) in [6.45, 7) is 2.20. The maximum atomic E-state index is 12.3. The molecule has 0 spiro atoms. The summed E-state index contributed by atoms with van der Waals surface area (Å²) in [7, 11) is 1.82. The number of halogens is 1. The Morgan fingerprint density at radius 3 is 2.57 bits per heavy atom. The van der Waals surface area contributed by atoms with E-state index in [1.54, 1.807) is 22.8 Å². The van der Waals surface area contributed by atoms with E-state index >= 15 is 0 Å². The van der Waals surface area contributed by atoms with Gasteiger partial charge in [0, 0.05) is 22.6 Å². The van der Waals surface area contributed by atoms with Crippen molar-refractivity contribution >= 4 is 39.4 Å². The van der Waals surface area contributed by atoms with Crippen molar-refractivity contribution in [1.82, 2.24) is 20.1 Å². The molecule has 0 bridgehead atoms. The van der Waals surface area contributed by atoms with Crippen LogP contribution in [0.25, 0.3) is 0 Å². The Balaban J connectivity index is 1.57. The Kier molecular flexibility index (Phi) is 6.64. The third kappa shape index (κ3) is 5.08. The van der Waals surface area contributed by atoms with Gasteiger partial charge in [-0.1, -0.05) is 57.5 Å². The first-order valence-electron chi connectivity index (χ1n) is 8.59. The SMILES string of the molecule is Cc1cccc(C(=O)NCc2nnc(SCC(=O)c3ccc(Br)cc3)n2C)c1. The van der Waals surface area contributed by atoms with E-state index in [0.29, 0.717) is 22.1 Å². The fraction of sp³-hybridized carbons (Fsp3) is 0.200. The van der Waals surface area contributed by atoms with Crippen molar-refractivity contribution in [2.75, 3.05) is 5.75 Å². The Labute approximate surface area is 175 Å². The molecule has 3 aromatic rings. The summed E-state index contributed by atoms with van der Waals surface area (Å²) < 4.78 is 2.72. The van der Waals surface area contributed by atoms with E-state index in [2.05, 4.69) is 31.4 Å². The number of ketones is 1. The minimum atomic E-state index is -0.161. The molecule has 28 heavy (non-hydrogen) atoms. The Morgan fingerprint density at radius 2 is 1.86 bits per heavy atom. The Morgan fingerprint density at radius 1 is 1.11 bits per heavy atom. The van der Waals surface area contributed by atoms with Crippen molar-refractivity contribution in [2.24, 2.45) is 7.05 Å². The van der Waals surface area contributed by atoms with Crippen LogP contribution >= 0.6 is 27.7 Å². The summed E-state index contributed by atoms with van der Waals surface area (Å²) in [5.41, 5.74) is 2.29. The molecule has 2 aromatic carbocycles. The van der Waals surface area contributed by atoms with Crippen molar-refractivity contribution in [1.29, 1.82) is 0 Å². The lowest BCUT2D eigenvalue weighted by Gasteiger charge is -2.06. The maximum absolute atomic E-state index is 12.3. The Bertz CT molecular complexity index is 1000. The van der Waals surface area contributed by atoms with Crippen LogP contribution in [0, 0.1) is 6.92 Å². The van der Waals surface area contributed by atoms with Crippen LogP contribution in [0.2, 0.25) is 0 Å². The lowest BCUT2D eigenvalue weighted by Crippen LogP contribution is -2.24. The zero-order chi connectivity index (χ0) is 20.1. The summed E-state index contributed by atoms with van der Waals surface area (Å²) in [5, 5.41) is 11.7. The quantitative estimate of drug-likeness (QED) is 0.430. The number of rotatable bonds is 7. The van der Waals surface area contributed by atoms with E-state index in [1.165, 1.54) is 11.8 Å². The molecule has 0 atom stereocenters. The molecule has 0 aliphatic heterocycles. The van der Waals surface area contributed by atoms with Gasteiger partial charge in [0.15, 0.2) is 16.8 Å². The zero-order valence-corrected chi connectivity index (χ0v) is 17.9. The summed E-state index contributed by atoms with van der Waals surface area (Å²) in [4.78, 5) is 24.6. The number of hydrogen-bond donors (Lipinski definition) is 1. The van der Waals surface area contributed by atoms with Gasteiger partial charge in [0.1, 0.15) is 0 Å². The van der Waals surface area contributed by atoms with Gasteiger partial charge in [0.05, 0.1) is 12.3 Å². The molecule has 0 radical (unpaired) electrons. The second kappa shape index (κ2) is 9.16. The summed E-state index contributed by atoms with van der Waals surface area (Å²) in [5.74, 6) is 0.754. The van der Waals surface area contributed by atoms with Crippen LogP contribution in [0.15, 0.2) is 58.2 Å². The number of nitrogens with zero attached hydrogens (tertiary/aromatic N) is 3. The van der Waals surface area contributed by atoms with Gasteiger partial charge >= 0.3 is 0 Å². The first kappa shape index (κ1) is 20.3. The zero-order valence-electron chi connectivity index (χ0n) is 15.5. The highest BCUT2D eigenvalue weighted by Gasteiger charge is 2.14. The fourth-order valence-corrected chi connectivity index (χ4v) is 3.61. The van der Waals surface area contributed by atoms with Gasteiger partial charge in [-0.3, -0.25) is 9.59 Å². The van der Waals surface area contributed by atoms with Gasteiger partial charge in [0.2, 0.25) is 0 Å². The number of nitrogens with one attached hydrogen (secondary N) is 1. The van der Waals surface area contributed by atoms with Crippen molar-refractivity contribution in [3.8, 4) is 0 Å². The second-order valence-corrected chi connectivity index (χ2v) is 8.09. The third-order valence-electron chi connectivity index (χ3n) is 4.11. The lowest BCUT2D eigenvalue weighted by molar-refractivity contribution is 0.0948. The monoisotopic (exact) mass is 458 g/mol. The number of aryl methyl sites for hydroxylation is 1. The largest absolute Gasteiger partial charge is 0.345 e. The third-order valence-corrected chi connectivity index (χ3v) is 5.66. The molecule has 1 amide bonds. The molecule has 0 saturated carbocycles. The minimum absolute atomic E-state index is 0.0230. The van der Waals surface area contributed by atoms with Crippen LogP contribution in [-0.2, 0) is 13.6 Å². The van der Waals surface area contributed by atoms with Crippen molar-refractivity contribution < 1.29 is 9.59 Å². The molecular weight excluding hydrogens is 440 g/mol. The molecule has 8 heteroatoms. The highest BCUT2D eigenvalue weighted by atomic mass is 79.9. The van der Waals surface area contributed by atoms with Crippen molar-refractivity contribution in [2.45, 2.75) is 18.6 Å². The molecule has 1 aromatic heterocycles. The van der Waals surface area contributed by atoms with Gasteiger partial charge in [-0.2, -0.15) is 0 Å². The number of amides is 1. The smallest absolute Gasteiger partial charge is 0.251 e. The van der Waals surface area contributed by atoms with Crippen LogP contribution in [0.3, 0.4) is 0 Å². The number of carbonyl (C=O) groups excluding carboxylic acids is 2. The van der Waals surface area contributed by atoms with Crippen LogP contribution in [0.1, 0.15) is 32.1 Å². The van der Waals surface area contributed by atoms with Crippen LogP contribution in [0.4, 0.5) is 0 Å². The van der Waals surface area contributed by atoms with E-state index in [4.69, 9.17) is 0 Å². The minimum Gasteiger partial charge on any atom is -0.345 e. The molecule has 0 aliphatic carbocycles. The molecule has 1 N–H and O–H groups in total.